The third kappa shape index (κ3) is 2.49. The molecule has 0 saturated heterocycles. The Morgan fingerprint density at radius 1 is 1.05 bits per heavy atom. The summed E-state index contributed by atoms with van der Waals surface area (Å²) in [6.45, 7) is 4.34. The van der Waals surface area contributed by atoms with Crippen molar-refractivity contribution >= 4 is 0 Å². The summed E-state index contributed by atoms with van der Waals surface area (Å²) in [6.07, 6.45) is 0.982. The minimum atomic E-state index is 0.161. The van der Waals surface area contributed by atoms with Crippen LogP contribution in [0.5, 0.6) is 0 Å². The van der Waals surface area contributed by atoms with Crippen LogP contribution in [0.3, 0.4) is 0 Å². The van der Waals surface area contributed by atoms with Crippen LogP contribution in [0.2, 0.25) is 0 Å². The van der Waals surface area contributed by atoms with Crippen molar-refractivity contribution in [2.45, 2.75) is 38.4 Å². The summed E-state index contributed by atoms with van der Waals surface area (Å²) >= 11 is 0. The molecule has 0 fully saturated rings. The van der Waals surface area contributed by atoms with Gasteiger partial charge in [0.05, 0.1) is 0 Å². The molecule has 1 aliphatic rings. The van der Waals surface area contributed by atoms with Gasteiger partial charge in [0, 0.05) is 18.1 Å². The van der Waals surface area contributed by atoms with Crippen LogP contribution < -0.4 is 11.1 Å². The molecular formula is C18H22N2. The van der Waals surface area contributed by atoms with E-state index in [-0.39, 0.29) is 6.04 Å². The Morgan fingerprint density at radius 2 is 1.70 bits per heavy atom. The van der Waals surface area contributed by atoms with Gasteiger partial charge in [0.15, 0.2) is 0 Å². The molecule has 3 N–H and O–H groups in total. The predicted octanol–water partition coefficient (Wildman–Crippen LogP) is 3.79. The Labute approximate surface area is 121 Å². The second-order valence-electron chi connectivity index (χ2n) is 5.82. The first-order valence-electron chi connectivity index (χ1n) is 7.32. The number of hydrogen-bond acceptors (Lipinski definition) is 2. The van der Waals surface area contributed by atoms with Gasteiger partial charge < -0.3 is 11.1 Å². The molecule has 1 aliphatic carbocycles. The lowest BCUT2D eigenvalue weighted by atomic mass is 10.0. The standard InChI is InChI=1S/C18H22N2/c1-12-7-9-14(10-8-12)13(2)20-18-11-17(19)15-5-3-4-6-16(15)18/h3-10,13,17-18,20H,11,19H2,1-2H3/t13-,17?,18?/m0/s1. The highest BCUT2D eigenvalue weighted by molar-refractivity contribution is 5.37. The number of fused-ring (bicyclic) bond motifs is 1. The van der Waals surface area contributed by atoms with E-state index in [1.54, 1.807) is 0 Å². The third-order valence-electron chi connectivity index (χ3n) is 4.29. The van der Waals surface area contributed by atoms with Crippen LogP contribution in [0.25, 0.3) is 0 Å². The summed E-state index contributed by atoms with van der Waals surface area (Å²) in [4.78, 5) is 0. The Bertz CT molecular complexity index is 589. The zero-order valence-corrected chi connectivity index (χ0v) is 12.1. The van der Waals surface area contributed by atoms with E-state index < -0.39 is 0 Å². The molecule has 2 aromatic carbocycles. The van der Waals surface area contributed by atoms with Gasteiger partial charge in [-0.2, -0.15) is 0 Å². The fourth-order valence-corrected chi connectivity index (χ4v) is 3.08. The van der Waals surface area contributed by atoms with Gasteiger partial charge >= 0.3 is 0 Å². The van der Waals surface area contributed by atoms with Gasteiger partial charge in [-0.25, -0.2) is 0 Å². The van der Waals surface area contributed by atoms with Crippen LogP contribution in [0.4, 0.5) is 0 Å². The van der Waals surface area contributed by atoms with Crippen molar-refractivity contribution in [1.82, 2.24) is 5.32 Å². The molecule has 2 aromatic rings. The number of rotatable bonds is 3. The number of hydrogen-bond donors (Lipinski definition) is 2. The molecule has 0 aromatic heterocycles. The molecule has 2 heteroatoms. The molecule has 2 nitrogen and oxygen atoms in total. The van der Waals surface area contributed by atoms with Crippen molar-refractivity contribution in [2.75, 3.05) is 0 Å². The molecule has 0 radical (unpaired) electrons. The van der Waals surface area contributed by atoms with Crippen LogP contribution in [0.1, 0.15) is 53.7 Å². The number of nitrogens with one attached hydrogen (secondary N) is 1. The van der Waals surface area contributed by atoms with Crippen LogP contribution in [-0.2, 0) is 0 Å². The summed E-state index contributed by atoms with van der Waals surface area (Å²) in [5.74, 6) is 0. The van der Waals surface area contributed by atoms with Crippen LogP contribution >= 0.6 is 0 Å². The molecule has 0 heterocycles. The highest BCUT2D eigenvalue weighted by Gasteiger charge is 2.28. The molecule has 0 spiro atoms. The average molecular weight is 266 g/mol. The minimum absolute atomic E-state index is 0.161. The van der Waals surface area contributed by atoms with E-state index in [1.807, 2.05) is 0 Å². The van der Waals surface area contributed by atoms with Crippen LogP contribution in [-0.4, -0.2) is 0 Å². The third-order valence-corrected chi connectivity index (χ3v) is 4.29. The number of benzene rings is 2. The maximum Gasteiger partial charge on any atom is 0.0347 e. The summed E-state index contributed by atoms with van der Waals surface area (Å²) < 4.78 is 0. The second-order valence-corrected chi connectivity index (χ2v) is 5.82. The van der Waals surface area contributed by atoms with Crippen molar-refractivity contribution in [2.24, 2.45) is 5.73 Å². The van der Waals surface area contributed by atoms with Gasteiger partial charge in [-0.05, 0) is 37.0 Å². The molecule has 0 aliphatic heterocycles. The van der Waals surface area contributed by atoms with Gasteiger partial charge in [-0.3, -0.25) is 0 Å². The van der Waals surface area contributed by atoms with E-state index in [1.165, 1.54) is 22.3 Å². The van der Waals surface area contributed by atoms with E-state index in [9.17, 15) is 0 Å². The molecule has 20 heavy (non-hydrogen) atoms. The van der Waals surface area contributed by atoms with E-state index in [2.05, 4.69) is 67.7 Å². The summed E-state index contributed by atoms with van der Waals surface area (Å²) in [6, 6.07) is 18.1. The van der Waals surface area contributed by atoms with Crippen molar-refractivity contribution < 1.29 is 0 Å². The Kier molecular flexibility index (Phi) is 3.60. The smallest absolute Gasteiger partial charge is 0.0347 e. The quantitative estimate of drug-likeness (QED) is 0.887. The maximum atomic E-state index is 6.23. The van der Waals surface area contributed by atoms with E-state index >= 15 is 0 Å². The van der Waals surface area contributed by atoms with Crippen molar-refractivity contribution in [3.8, 4) is 0 Å². The van der Waals surface area contributed by atoms with E-state index in [4.69, 9.17) is 5.73 Å². The second kappa shape index (κ2) is 5.39. The Balaban J connectivity index is 1.77. The lowest BCUT2D eigenvalue weighted by molar-refractivity contribution is 0.446. The number of nitrogens with two attached hydrogens (primary N) is 1. The zero-order chi connectivity index (χ0) is 14.1. The van der Waals surface area contributed by atoms with E-state index in [0.717, 1.165) is 6.42 Å². The highest BCUT2D eigenvalue weighted by Crippen LogP contribution is 2.38. The van der Waals surface area contributed by atoms with Crippen molar-refractivity contribution in [1.29, 1.82) is 0 Å². The predicted molar refractivity (Wildman–Crippen MR) is 83.5 cm³/mol. The van der Waals surface area contributed by atoms with Gasteiger partial charge in [-0.1, -0.05) is 54.1 Å². The first kappa shape index (κ1) is 13.3. The van der Waals surface area contributed by atoms with Gasteiger partial charge in [0.25, 0.3) is 0 Å². The topological polar surface area (TPSA) is 38.0 Å². The molecule has 0 amide bonds. The number of aryl methyl sites for hydroxylation is 1. The summed E-state index contributed by atoms with van der Waals surface area (Å²) in [5.41, 5.74) is 11.5. The fraction of sp³-hybridized carbons (Fsp3) is 0.333. The minimum Gasteiger partial charge on any atom is -0.324 e. The Morgan fingerprint density at radius 3 is 2.40 bits per heavy atom. The van der Waals surface area contributed by atoms with Crippen LogP contribution in [0, 0.1) is 6.92 Å². The first-order chi connectivity index (χ1) is 9.65. The molecule has 104 valence electrons. The summed E-state index contributed by atoms with van der Waals surface area (Å²) in [5, 5.41) is 3.72. The van der Waals surface area contributed by atoms with Gasteiger partial charge in [0.1, 0.15) is 0 Å². The van der Waals surface area contributed by atoms with Crippen molar-refractivity contribution in [3.05, 3.63) is 70.8 Å². The fourth-order valence-electron chi connectivity index (χ4n) is 3.08. The average Bonchev–Trinajstić information content (AvgIpc) is 2.77. The molecule has 0 bridgehead atoms. The van der Waals surface area contributed by atoms with Gasteiger partial charge in [0.2, 0.25) is 0 Å². The molecule has 0 saturated carbocycles. The maximum absolute atomic E-state index is 6.23. The monoisotopic (exact) mass is 266 g/mol. The lowest BCUT2D eigenvalue weighted by Gasteiger charge is -2.21. The largest absolute Gasteiger partial charge is 0.324 e. The SMILES string of the molecule is Cc1ccc([C@H](C)NC2CC(N)c3ccccc32)cc1. The molecule has 3 atom stereocenters. The molecule has 3 rings (SSSR count). The molecular weight excluding hydrogens is 244 g/mol. The summed E-state index contributed by atoms with van der Waals surface area (Å²) in [7, 11) is 0. The normalized spacial score (nSPS) is 22.6. The zero-order valence-electron chi connectivity index (χ0n) is 12.1. The van der Waals surface area contributed by atoms with Crippen molar-refractivity contribution in [3.63, 3.8) is 0 Å². The lowest BCUT2D eigenvalue weighted by Crippen LogP contribution is -2.23. The Hall–Kier alpha value is -1.64. The first-order valence-corrected chi connectivity index (χ1v) is 7.32. The van der Waals surface area contributed by atoms with Crippen LogP contribution in [0.15, 0.2) is 48.5 Å². The van der Waals surface area contributed by atoms with E-state index in [0.29, 0.717) is 12.1 Å². The van der Waals surface area contributed by atoms with Gasteiger partial charge in [-0.15, -0.1) is 0 Å². The molecule has 2 unspecified atom stereocenters. The highest BCUT2D eigenvalue weighted by atomic mass is 15.0.